The molecule has 1 fully saturated rings. The second-order valence-electron chi connectivity index (χ2n) is 6.97. The summed E-state index contributed by atoms with van der Waals surface area (Å²) in [7, 11) is 0. The summed E-state index contributed by atoms with van der Waals surface area (Å²) in [5, 5.41) is 5.98. The normalized spacial score (nSPS) is 22.4. The van der Waals surface area contributed by atoms with Crippen molar-refractivity contribution in [3.63, 3.8) is 0 Å². The van der Waals surface area contributed by atoms with Gasteiger partial charge in [0.1, 0.15) is 0 Å². The second kappa shape index (κ2) is 6.48. The maximum Gasteiger partial charge on any atom is 0.319 e. The molecule has 1 aromatic rings. The SMILES string of the molecule is CC(N)c1ccc(NC(=O)NC2CCCC(C)(C)C2)cc1. The number of rotatable bonds is 3. The molecule has 4 heteroatoms. The highest BCUT2D eigenvalue weighted by Crippen LogP contribution is 2.35. The number of hydrogen-bond acceptors (Lipinski definition) is 2. The van der Waals surface area contributed by atoms with Gasteiger partial charge >= 0.3 is 6.03 Å². The maximum atomic E-state index is 12.1. The first kappa shape index (κ1) is 15.8. The second-order valence-corrected chi connectivity index (χ2v) is 6.97. The molecular weight excluding hydrogens is 262 g/mol. The average Bonchev–Trinajstić information content (AvgIpc) is 2.37. The molecule has 0 saturated heterocycles. The summed E-state index contributed by atoms with van der Waals surface area (Å²) < 4.78 is 0. The topological polar surface area (TPSA) is 67.1 Å². The standard InChI is InChI=1S/C17H27N3O/c1-12(18)13-6-8-14(9-7-13)19-16(21)20-15-5-4-10-17(2,3)11-15/h6-9,12,15H,4-5,10-11,18H2,1-3H3,(H2,19,20,21). The van der Waals surface area contributed by atoms with Gasteiger partial charge in [-0.1, -0.05) is 32.4 Å². The zero-order valence-corrected chi connectivity index (χ0v) is 13.3. The van der Waals surface area contributed by atoms with Crippen LogP contribution in [-0.2, 0) is 0 Å². The summed E-state index contributed by atoms with van der Waals surface area (Å²) >= 11 is 0. The minimum Gasteiger partial charge on any atom is -0.335 e. The molecule has 2 rings (SSSR count). The molecule has 116 valence electrons. The number of benzene rings is 1. The van der Waals surface area contributed by atoms with Crippen molar-refractivity contribution in [3.05, 3.63) is 29.8 Å². The van der Waals surface area contributed by atoms with Crippen molar-refractivity contribution < 1.29 is 4.79 Å². The van der Waals surface area contributed by atoms with E-state index in [4.69, 9.17) is 5.73 Å². The number of nitrogens with one attached hydrogen (secondary N) is 2. The molecule has 21 heavy (non-hydrogen) atoms. The molecular formula is C17H27N3O. The fraction of sp³-hybridized carbons (Fsp3) is 0.588. The lowest BCUT2D eigenvalue weighted by atomic mass is 9.75. The van der Waals surface area contributed by atoms with Gasteiger partial charge in [0, 0.05) is 17.8 Å². The molecule has 2 atom stereocenters. The summed E-state index contributed by atoms with van der Waals surface area (Å²) in [6.07, 6.45) is 4.54. The maximum absolute atomic E-state index is 12.1. The van der Waals surface area contributed by atoms with Crippen molar-refractivity contribution in [1.29, 1.82) is 0 Å². The number of carbonyl (C=O) groups excluding carboxylic acids is 1. The van der Waals surface area contributed by atoms with Crippen molar-refractivity contribution in [2.45, 2.75) is 58.5 Å². The number of carbonyl (C=O) groups is 1. The zero-order chi connectivity index (χ0) is 15.5. The smallest absolute Gasteiger partial charge is 0.319 e. The predicted octanol–water partition coefficient (Wildman–Crippen LogP) is 3.80. The summed E-state index contributed by atoms with van der Waals surface area (Å²) in [4.78, 5) is 12.1. The lowest BCUT2D eigenvalue weighted by molar-refractivity contribution is 0.196. The van der Waals surface area contributed by atoms with Crippen molar-refractivity contribution in [1.82, 2.24) is 5.32 Å². The highest BCUT2D eigenvalue weighted by Gasteiger charge is 2.28. The van der Waals surface area contributed by atoms with Crippen LogP contribution in [-0.4, -0.2) is 12.1 Å². The quantitative estimate of drug-likeness (QED) is 0.792. The van der Waals surface area contributed by atoms with Crippen LogP contribution in [0.15, 0.2) is 24.3 Å². The Morgan fingerprint density at radius 3 is 2.57 bits per heavy atom. The molecule has 4 nitrogen and oxygen atoms in total. The van der Waals surface area contributed by atoms with Crippen molar-refractivity contribution in [2.75, 3.05) is 5.32 Å². The molecule has 0 aromatic heterocycles. The highest BCUT2D eigenvalue weighted by molar-refractivity contribution is 5.89. The Morgan fingerprint density at radius 2 is 2.00 bits per heavy atom. The molecule has 0 radical (unpaired) electrons. The third-order valence-corrected chi connectivity index (χ3v) is 4.23. The Balaban J connectivity index is 1.86. The van der Waals surface area contributed by atoms with Crippen LogP contribution in [0.5, 0.6) is 0 Å². The Hall–Kier alpha value is -1.55. The van der Waals surface area contributed by atoms with Gasteiger partial charge in [-0.3, -0.25) is 0 Å². The molecule has 0 spiro atoms. The van der Waals surface area contributed by atoms with E-state index in [0.717, 1.165) is 24.1 Å². The summed E-state index contributed by atoms with van der Waals surface area (Å²) in [6.45, 7) is 6.48. The summed E-state index contributed by atoms with van der Waals surface area (Å²) in [6, 6.07) is 7.85. The summed E-state index contributed by atoms with van der Waals surface area (Å²) in [5.74, 6) is 0. The van der Waals surface area contributed by atoms with Crippen molar-refractivity contribution >= 4 is 11.7 Å². The summed E-state index contributed by atoms with van der Waals surface area (Å²) in [5.41, 5.74) is 8.01. The first-order valence-corrected chi connectivity index (χ1v) is 7.79. The molecule has 4 N–H and O–H groups in total. The number of anilines is 1. The Kier molecular flexibility index (Phi) is 4.88. The Bertz CT molecular complexity index is 479. The van der Waals surface area contributed by atoms with Crippen LogP contribution in [0.25, 0.3) is 0 Å². The van der Waals surface area contributed by atoms with Gasteiger partial charge in [-0.15, -0.1) is 0 Å². The van der Waals surface area contributed by atoms with E-state index in [9.17, 15) is 4.79 Å². The third-order valence-electron chi connectivity index (χ3n) is 4.23. The van der Waals surface area contributed by atoms with Gasteiger partial charge in [0.05, 0.1) is 0 Å². The van der Waals surface area contributed by atoms with Crippen LogP contribution >= 0.6 is 0 Å². The van der Waals surface area contributed by atoms with Crippen LogP contribution in [0.4, 0.5) is 10.5 Å². The molecule has 0 heterocycles. The van der Waals surface area contributed by atoms with E-state index in [1.54, 1.807) is 0 Å². The molecule has 2 unspecified atom stereocenters. The minimum atomic E-state index is -0.119. The molecule has 0 aliphatic heterocycles. The zero-order valence-electron chi connectivity index (χ0n) is 13.3. The van der Waals surface area contributed by atoms with E-state index in [1.807, 2.05) is 31.2 Å². The van der Waals surface area contributed by atoms with E-state index in [0.29, 0.717) is 5.41 Å². The lowest BCUT2D eigenvalue weighted by Gasteiger charge is -2.35. The molecule has 1 aromatic carbocycles. The van der Waals surface area contributed by atoms with E-state index in [2.05, 4.69) is 24.5 Å². The number of urea groups is 1. The van der Waals surface area contributed by atoms with E-state index >= 15 is 0 Å². The van der Waals surface area contributed by atoms with Crippen LogP contribution in [0, 0.1) is 5.41 Å². The predicted molar refractivity (Wildman–Crippen MR) is 87.2 cm³/mol. The fourth-order valence-corrected chi connectivity index (χ4v) is 3.04. The van der Waals surface area contributed by atoms with Crippen LogP contribution in [0.2, 0.25) is 0 Å². The van der Waals surface area contributed by atoms with Crippen molar-refractivity contribution in [2.24, 2.45) is 11.1 Å². The monoisotopic (exact) mass is 289 g/mol. The van der Waals surface area contributed by atoms with Gasteiger partial charge in [-0.05, 0) is 49.3 Å². The van der Waals surface area contributed by atoms with E-state index < -0.39 is 0 Å². The minimum absolute atomic E-state index is 0.0114. The average molecular weight is 289 g/mol. The van der Waals surface area contributed by atoms with Gasteiger partial charge in [0.15, 0.2) is 0 Å². The number of amides is 2. The largest absolute Gasteiger partial charge is 0.335 e. The van der Waals surface area contributed by atoms with Crippen LogP contribution in [0.1, 0.15) is 58.1 Å². The van der Waals surface area contributed by atoms with Gasteiger partial charge in [-0.25, -0.2) is 4.79 Å². The molecule has 0 bridgehead atoms. The Labute approximate surface area is 127 Å². The number of nitrogens with two attached hydrogens (primary N) is 1. The Morgan fingerprint density at radius 1 is 1.33 bits per heavy atom. The third kappa shape index (κ3) is 4.74. The molecule has 1 aliphatic rings. The van der Waals surface area contributed by atoms with Gasteiger partial charge in [0.2, 0.25) is 0 Å². The van der Waals surface area contributed by atoms with Gasteiger partial charge in [-0.2, -0.15) is 0 Å². The first-order chi connectivity index (χ1) is 9.85. The van der Waals surface area contributed by atoms with Gasteiger partial charge < -0.3 is 16.4 Å². The van der Waals surface area contributed by atoms with E-state index in [-0.39, 0.29) is 18.1 Å². The van der Waals surface area contributed by atoms with Crippen LogP contribution < -0.4 is 16.4 Å². The van der Waals surface area contributed by atoms with E-state index in [1.165, 1.54) is 12.8 Å². The highest BCUT2D eigenvalue weighted by atomic mass is 16.2. The lowest BCUT2D eigenvalue weighted by Crippen LogP contribution is -2.42. The van der Waals surface area contributed by atoms with Crippen LogP contribution in [0.3, 0.4) is 0 Å². The molecule has 1 aliphatic carbocycles. The molecule has 2 amide bonds. The fourth-order valence-electron chi connectivity index (χ4n) is 3.04. The molecule has 1 saturated carbocycles. The number of hydrogen-bond donors (Lipinski definition) is 3. The first-order valence-electron chi connectivity index (χ1n) is 7.79. The van der Waals surface area contributed by atoms with Gasteiger partial charge in [0.25, 0.3) is 0 Å². The van der Waals surface area contributed by atoms with Crippen molar-refractivity contribution in [3.8, 4) is 0 Å².